The summed E-state index contributed by atoms with van der Waals surface area (Å²) >= 11 is 7.03. The van der Waals surface area contributed by atoms with Crippen LogP contribution in [0.3, 0.4) is 0 Å². The Morgan fingerprint density at radius 3 is 2.19 bits per heavy atom. The molecule has 0 N–H and O–H groups in total. The van der Waals surface area contributed by atoms with E-state index in [9.17, 15) is 0 Å². The van der Waals surface area contributed by atoms with Gasteiger partial charge >= 0.3 is 0 Å². The van der Waals surface area contributed by atoms with Crippen LogP contribution in [0.1, 0.15) is 32.6 Å². The molecule has 0 amide bonds. The first-order chi connectivity index (χ1) is 7.65. The van der Waals surface area contributed by atoms with Crippen LogP contribution in [0, 0.1) is 10.7 Å². The molecule has 0 saturated carbocycles. The zero-order chi connectivity index (χ0) is 12.0. The second-order valence-corrected chi connectivity index (χ2v) is 7.18. The molecule has 1 nitrogen and oxygen atoms in total. The summed E-state index contributed by atoms with van der Waals surface area (Å²) in [5.74, 6) is 1.05. The molecule has 1 aromatic carbocycles. The lowest BCUT2D eigenvalue weighted by atomic mass is 10.2. The predicted molar refractivity (Wildman–Crippen MR) is 94.2 cm³/mol. The molecule has 0 saturated heterocycles. The van der Waals surface area contributed by atoms with Crippen molar-refractivity contribution in [2.75, 3.05) is 6.61 Å². The number of hydrogen-bond donors (Lipinski definition) is 0. The molecule has 0 aliphatic heterocycles. The van der Waals surface area contributed by atoms with Crippen LogP contribution in [0.5, 0.6) is 5.75 Å². The van der Waals surface area contributed by atoms with Crippen molar-refractivity contribution in [1.29, 1.82) is 0 Å². The van der Waals surface area contributed by atoms with Crippen LogP contribution >= 0.6 is 67.8 Å². The Labute approximate surface area is 139 Å². The summed E-state index contributed by atoms with van der Waals surface area (Å²) in [6.45, 7) is 3.07. The van der Waals surface area contributed by atoms with E-state index in [1.807, 2.05) is 0 Å². The molecule has 0 spiro atoms. The van der Waals surface area contributed by atoms with Crippen LogP contribution in [0.2, 0.25) is 0 Å². The summed E-state index contributed by atoms with van der Waals surface area (Å²) in [5, 5.41) is 0. The number of halogens is 3. The number of ether oxygens (including phenoxy) is 1. The van der Waals surface area contributed by atoms with Crippen LogP contribution in [0.4, 0.5) is 0 Å². The van der Waals surface area contributed by atoms with Gasteiger partial charge in [-0.2, -0.15) is 0 Å². The zero-order valence-corrected chi connectivity index (χ0v) is 15.7. The van der Waals surface area contributed by atoms with Crippen molar-refractivity contribution in [3.05, 3.63) is 22.8 Å². The Bertz CT molecular complexity index is 316. The van der Waals surface area contributed by atoms with Crippen LogP contribution < -0.4 is 4.74 Å². The maximum atomic E-state index is 5.85. The molecule has 0 heterocycles. The lowest BCUT2D eigenvalue weighted by Gasteiger charge is -2.10. The molecule has 1 rings (SSSR count). The molecule has 16 heavy (non-hydrogen) atoms. The maximum absolute atomic E-state index is 5.85. The summed E-state index contributed by atoms with van der Waals surface area (Å²) in [4.78, 5) is 0. The summed E-state index contributed by atoms with van der Waals surface area (Å²) < 4.78 is 9.54. The summed E-state index contributed by atoms with van der Waals surface area (Å²) in [6.07, 6.45) is 5.02. The number of benzene rings is 1. The van der Waals surface area contributed by atoms with Crippen molar-refractivity contribution in [2.24, 2.45) is 0 Å². The van der Waals surface area contributed by atoms with Gasteiger partial charge in [-0.15, -0.1) is 0 Å². The molecule has 0 fully saturated rings. The minimum Gasteiger partial charge on any atom is -0.491 e. The predicted octanol–water partition coefficient (Wildman–Crippen LogP) is 5.46. The van der Waals surface area contributed by atoms with E-state index in [1.54, 1.807) is 0 Å². The Kier molecular flexibility index (Phi) is 7.95. The highest BCUT2D eigenvalue weighted by molar-refractivity contribution is 14.1. The average molecular weight is 556 g/mol. The summed E-state index contributed by atoms with van der Waals surface area (Å²) in [7, 11) is 0. The third-order valence-corrected chi connectivity index (χ3v) is 4.43. The van der Waals surface area contributed by atoms with E-state index in [4.69, 9.17) is 4.74 Å². The van der Waals surface area contributed by atoms with E-state index >= 15 is 0 Å². The first-order valence-corrected chi connectivity index (χ1v) is 8.66. The van der Waals surface area contributed by atoms with E-state index in [0.29, 0.717) is 0 Å². The number of hydrogen-bond acceptors (Lipinski definition) is 1. The average Bonchev–Trinajstić information content (AvgIpc) is 2.20. The van der Waals surface area contributed by atoms with E-state index in [0.717, 1.165) is 18.8 Å². The van der Waals surface area contributed by atoms with Crippen molar-refractivity contribution in [3.8, 4) is 5.75 Å². The van der Waals surface area contributed by atoms with Gasteiger partial charge < -0.3 is 4.74 Å². The number of unbranched alkanes of at least 4 members (excludes halogenated alkanes) is 3. The highest BCUT2D eigenvalue weighted by Gasteiger charge is 2.07. The fourth-order valence-corrected chi connectivity index (χ4v) is 5.26. The monoisotopic (exact) mass is 556 g/mol. The Morgan fingerprint density at radius 1 is 1.00 bits per heavy atom. The van der Waals surface area contributed by atoms with E-state index in [1.165, 1.54) is 30.0 Å². The van der Waals surface area contributed by atoms with Gasteiger partial charge in [0, 0.05) is 3.57 Å². The van der Waals surface area contributed by atoms with Gasteiger partial charge in [0.25, 0.3) is 0 Å². The molecule has 0 aliphatic rings. The van der Waals surface area contributed by atoms with Crippen LogP contribution in [0.25, 0.3) is 0 Å². The van der Waals surface area contributed by atoms with Gasteiger partial charge in [-0.3, -0.25) is 0 Å². The van der Waals surface area contributed by atoms with Gasteiger partial charge in [0.1, 0.15) is 5.75 Å². The minimum absolute atomic E-state index is 0.840. The summed E-state index contributed by atoms with van der Waals surface area (Å²) in [6, 6.07) is 4.31. The Balaban J connectivity index is 2.47. The molecule has 90 valence electrons. The second kappa shape index (κ2) is 8.34. The minimum atomic E-state index is 0.840. The summed E-state index contributed by atoms with van der Waals surface area (Å²) in [5.41, 5.74) is 0. The molecule has 0 aliphatic carbocycles. The van der Waals surface area contributed by atoms with Crippen molar-refractivity contribution in [2.45, 2.75) is 32.6 Å². The fourth-order valence-electron chi connectivity index (χ4n) is 1.37. The molecule has 0 unspecified atom stereocenters. The van der Waals surface area contributed by atoms with Crippen molar-refractivity contribution in [1.82, 2.24) is 0 Å². The standard InChI is InChI=1S/C12H15I3O/c1-2-3-4-5-6-16-12-10(14)7-9(13)8-11(12)15/h7-8H,2-6H2,1H3. The SMILES string of the molecule is CCCCCCOc1c(I)cc(I)cc1I. The number of rotatable bonds is 6. The molecule has 0 radical (unpaired) electrons. The normalized spacial score (nSPS) is 10.5. The molecule has 0 bridgehead atoms. The van der Waals surface area contributed by atoms with Gasteiger partial charge in [0.15, 0.2) is 0 Å². The second-order valence-electron chi connectivity index (χ2n) is 3.61. The van der Waals surface area contributed by atoms with Gasteiger partial charge in [-0.05, 0) is 86.3 Å². The first kappa shape index (κ1) is 15.3. The molecule has 0 aromatic heterocycles. The van der Waals surface area contributed by atoms with Crippen molar-refractivity contribution >= 4 is 67.8 Å². The van der Waals surface area contributed by atoms with Crippen molar-refractivity contribution < 1.29 is 4.74 Å². The molecular formula is C12H15I3O. The third kappa shape index (κ3) is 5.24. The smallest absolute Gasteiger partial charge is 0.145 e. The first-order valence-electron chi connectivity index (χ1n) is 5.42. The van der Waals surface area contributed by atoms with Gasteiger partial charge in [-0.1, -0.05) is 26.2 Å². The largest absolute Gasteiger partial charge is 0.491 e. The van der Waals surface area contributed by atoms with Crippen molar-refractivity contribution in [3.63, 3.8) is 0 Å². The van der Waals surface area contributed by atoms with E-state index in [-0.39, 0.29) is 0 Å². The fraction of sp³-hybridized carbons (Fsp3) is 0.500. The topological polar surface area (TPSA) is 9.23 Å². The molecule has 0 atom stereocenters. The lowest BCUT2D eigenvalue weighted by Crippen LogP contribution is -2.01. The van der Waals surface area contributed by atoms with Gasteiger partial charge in [0.05, 0.1) is 13.7 Å². The Morgan fingerprint density at radius 2 is 1.62 bits per heavy atom. The molecule has 4 heteroatoms. The zero-order valence-electron chi connectivity index (χ0n) is 9.23. The Hall–Kier alpha value is 1.21. The van der Waals surface area contributed by atoms with Gasteiger partial charge in [-0.25, -0.2) is 0 Å². The lowest BCUT2D eigenvalue weighted by molar-refractivity contribution is 0.301. The van der Waals surface area contributed by atoms with Crippen LogP contribution in [-0.2, 0) is 0 Å². The van der Waals surface area contributed by atoms with Crippen LogP contribution in [0.15, 0.2) is 12.1 Å². The quantitative estimate of drug-likeness (QED) is 0.335. The van der Waals surface area contributed by atoms with E-state index in [2.05, 4.69) is 86.8 Å². The highest BCUT2D eigenvalue weighted by Crippen LogP contribution is 2.29. The van der Waals surface area contributed by atoms with Crippen LogP contribution in [-0.4, -0.2) is 6.61 Å². The molecule has 1 aromatic rings. The molecular weight excluding hydrogens is 541 g/mol. The maximum Gasteiger partial charge on any atom is 0.145 e. The van der Waals surface area contributed by atoms with Gasteiger partial charge in [0.2, 0.25) is 0 Å². The highest BCUT2D eigenvalue weighted by atomic mass is 127. The third-order valence-electron chi connectivity index (χ3n) is 2.21. The van der Waals surface area contributed by atoms with E-state index < -0.39 is 0 Å².